The molecule has 0 radical (unpaired) electrons. The van der Waals surface area contributed by atoms with E-state index in [0.29, 0.717) is 23.5 Å². The molecule has 8 nitrogen and oxygen atoms in total. The largest absolute Gasteiger partial charge is 0.484 e. The SMILES string of the molecule is CCCNC(=O)C(=O)N/N=C\c1ccc(OCC(=O)Nc2ccc(Br)cc2)cc1. The lowest BCUT2D eigenvalue weighted by Crippen LogP contribution is -2.38. The highest BCUT2D eigenvalue weighted by atomic mass is 79.9. The third kappa shape index (κ3) is 8.14. The zero-order valence-corrected chi connectivity index (χ0v) is 17.4. The standard InChI is InChI=1S/C20H21BrN4O4/c1-2-11-22-19(27)20(28)25-23-12-14-3-9-17(10-4-14)29-13-18(26)24-16-7-5-15(21)6-8-16/h3-10,12H,2,11,13H2,1H3,(H,22,27)(H,24,26)(H,25,28)/b23-12-. The Morgan fingerprint density at radius 3 is 2.38 bits per heavy atom. The number of anilines is 1. The van der Waals surface area contributed by atoms with Gasteiger partial charge in [0.1, 0.15) is 5.75 Å². The normalized spacial score (nSPS) is 10.4. The van der Waals surface area contributed by atoms with Gasteiger partial charge in [0.15, 0.2) is 6.61 Å². The minimum absolute atomic E-state index is 0.133. The molecule has 29 heavy (non-hydrogen) atoms. The van der Waals surface area contributed by atoms with Crippen molar-refractivity contribution in [1.29, 1.82) is 0 Å². The summed E-state index contributed by atoms with van der Waals surface area (Å²) in [5.74, 6) is -1.32. The first-order valence-electron chi connectivity index (χ1n) is 8.87. The molecule has 0 aromatic heterocycles. The van der Waals surface area contributed by atoms with E-state index in [0.717, 1.165) is 10.9 Å². The van der Waals surface area contributed by atoms with Gasteiger partial charge < -0.3 is 15.4 Å². The van der Waals surface area contributed by atoms with E-state index in [-0.39, 0.29) is 12.5 Å². The van der Waals surface area contributed by atoms with Gasteiger partial charge in [-0.15, -0.1) is 0 Å². The topological polar surface area (TPSA) is 109 Å². The van der Waals surface area contributed by atoms with E-state index in [9.17, 15) is 14.4 Å². The Labute approximate surface area is 176 Å². The molecule has 2 aromatic rings. The number of benzene rings is 2. The van der Waals surface area contributed by atoms with Gasteiger partial charge >= 0.3 is 11.8 Å². The smallest absolute Gasteiger partial charge is 0.329 e. The number of rotatable bonds is 8. The summed E-state index contributed by atoms with van der Waals surface area (Å²) in [5.41, 5.74) is 3.52. The molecule has 3 N–H and O–H groups in total. The summed E-state index contributed by atoms with van der Waals surface area (Å²) in [6.45, 7) is 2.18. The first-order chi connectivity index (χ1) is 14.0. The van der Waals surface area contributed by atoms with Crippen LogP contribution in [0.4, 0.5) is 5.69 Å². The molecule has 0 aliphatic carbocycles. The number of ether oxygens (including phenoxy) is 1. The molecule has 0 bridgehead atoms. The predicted octanol–water partition coefficient (Wildman–Crippen LogP) is 2.44. The molecule has 9 heteroatoms. The number of carbonyl (C=O) groups is 3. The van der Waals surface area contributed by atoms with Gasteiger partial charge in [-0.2, -0.15) is 5.10 Å². The van der Waals surface area contributed by atoms with Gasteiger partial charge in [0, 0.05) is 16.7 Å². The highest BCUT2D eigenvalue weighted by Crippen LogP contribution is 2.14. The first kappa shape index (κ1) is 22.1. The summed E-state index contributed by atoms with van der Waals surface area (Å²) >= 11 is 3.33. The molecule has 0 aliphatic rings. The maximum atomic E-state index is 11.9. The second-order valence-corrected chi connectivity index (χ2v) is 6.78. The molecular weight excluding hydrogens is 440 g/mol. The van der Waals surface area contributed by atoms with Crippen molar-refractivity contribution in [2.45, 2.75) is 13.3 Å². The van der Waals surface area contributed by atoms with E-state index in [4.69, 9.17) is 4.74 Å². The lowest BCUT2D eigenvalue weighted by atomic mass is 10.2. The number of carbonyl (C=O) groups excluding carboxylic acids is 3. The van der Waals surface area contributed by atoms with Gasteiger partial charge in [-0.1, -0.05) is 22.9 Å². The fourth-order valence-corrected chi connectivity index (χ4v) is 2.33. The van der Waals surface area contributed by atoms with Gasteiger partial charge in [0.2, 0.25) is 0 Å². The number of hydrogen-bond donors (Lipinski definition) is 3. The number of nitrogens with zero attached hydrogens (tertiary/aromatic N) is 1. The van der Waals surface area contributed by atoms with Crippen molar-refractivity contribution in [3.05, 3.63) is 58.6 Å². The quantitative estimate of drug-likeness (QED) is 0.319. The lowest BCUT2D eigenvalue weighted by molar-refractivity contribution is -0.139. The van der Waals surface area contributed by atoms with Gasteiger partial charge in [-0.3, -0.25) is 14.4 Å². The number of halogens is 1. The predicted molar refractivity (Wildman–Crippen MR) is 114 cm³/mol. The van der Waals surface area contributed by atoms with E-state index in [1.807, 2.05) is 19.1 Å². The van der Waals surface area contributed by atoms with Crippen LogP contribution in [0.15, 0.2) is 58.1 Å². The zero-order chi connectivity index (χ0) is 21.1. The molecule has 0 fully saturated rings. The highest BCUT2D eigenvalue weighted by Gasteiger charge is 2.10. The summed E-state index contributed by atoms with van der Waals surface area (Å²) < 4.78 is 6.37. The molecule has 2 aromatic carbocycles. The van der Waals surface area contributed by atoms with Crippen molar-refractivity contribution < 1.29 is 19.1 Å². The number of hydrazone groups is 1. The molecule has 0 saturated heterocycles. The first-order valence-corrected chi connectivity index (χ1v) is 9.66. The summed E-state index contributed by atoms with van der Waals surface area (Å²) in [4.78, 5) is 34.8. The van der Waals surface area contributed by atoms with Crippen LogP contribution in [0.5, 0.6) is 5.75 Å². The van der Waals surface area contributed by atoms with E-state index < -0.39 is 11.8 Å². The van der Waals surface area contributed by atoms with Crippen molar-refractivity contribution in [2.24, 2.45) is 5.10 Å². The highest BCUT2D eigenvalue weighted by molar-refractivity contribution is 9.10. The third-order valence-corrected chi connectivity index (χ3v) is 4.03. The Morgan fingerprint density at radius 2 is 1.72 bits per heavy atom. The summed E-state index contributed by atoms with van der Waals surface area (Å²) in [7, 11) is 0. The van der Waals surface area contributed by atoms with Crippen molar-refractivity contribution >= 4 is 45.6 Å². The fourth-order valence-electron chi connectivity index (χ4n) is 2.06. The van der Waals surface area contributed by atoms with E-state index in [2.05, 4.69) is 37.1 Å². The number of nitrogens with one attached hydrogen (secondary N) is 3. The average Bonchev–Trinajstić information content (AvgIpc) is 2.73. The van der Waals surface area contributed by atoms with E-state index in [1.54, 1.807) is 36.4 Å². The molecular formula is C20H21BrN4O4. The zero-order valence-electron chi connectivity index (χ0n) is 15.8. The van der Waals surface area contributed by atoms with Crippen molar-refractivity contribution in [3.8, 4) is 5.75 Å². The minimum atomic E-state index is -0.827. The molecule has 0 spiro atoms. The van der Waals surface area contributed by atoms with Crippen LogP contribution in [0.25, 0.3) is 0 Å². The Bertz CT molecular complexity index is 867. The lowest BCUT2D eigenvalue weighted by Gasteiger charge is -2.08. The molecule has 152 valence electrons. The van der Waals surface area contributed by atoms with Crippen LogP contribution in [0.2, 0.25) is 0 Å². The van der Waals surface area contributed by atoms with Crippen molar-refractivity contribution in [1.82, 2.24) is 10.7 Å². The Hall–Kier alpha value is -3.20. The maximum Gasteiger partial charge on any atom is 0.329 e. The molecule has 0 unspecified atom stereocenters. The van der Waals surface area contributed by atoms with Crippen LogP contribution in [0.1, 0.15) is 18.9 Å². The fraction of sp³-hybridized carbons (Fsp3) is 0.200. The van der Waals surface area contributed by atoms with Crippen molar-refractivity contribution in [3.63, 3.8) is 0 Å². The Balaban J connectivity index is 1.76. The van der Waals surface area contributed by atoms with Gasteiger partial charge in [0.05, 0.1) is 6.21 Å². The average molecular weight is 461 g/mol. The van der Waals surface area contributed by atoms with Crippen LogP contribution in [0.3, 0.4) is 0 Å². The number of hydrogen-bond acceptors (Lipinski definition) is 5. The van der Waals surface area contributed by atoms with Gasteiger partial charge in [-0.05, 0) is 60.5 Å². The van der Waals surface area contributed by atoms with Crippen LogP contribution in [-0.4, -0.2) is 37.1 Å². The molecule has 0 heterocycles. The van der Waals surface area contributed by atoms with Crippen LogP contribution in [0, 0.1) is 0 Å². The molecule has 2 rings (SSSR count). The van der Waals surface area contributed by atoms with Gasteiger partial charge in [0.25, 0.3) is 5.91 Å². The molecule has 3 amide bonds. The maximum absolute atomic E-state index is 11.9. The monoisotopic (exact) mass is 460 g/mol. The molecule has 0 atom stereocenters. The number of amides is 3. The molecule has 0 saturated carbocycles. The summed E-state index contributed by atoms with van der Waals surface area (Å²) in [6.07, 6.45) is 2.14. The molecule has 0 aliphatic heterocycles. The van der Waals surface area contributed by atoms with Gasteiger partial charge in [-0.25, -0.2) is 5.43 Å². The van der Waals surface area contributed by atoms with E-state index in [1.165, 1.54) is 6.21 Å². The van der Waals surface area contributed by atoms with Crippen LogP contribution >= 0.6 is 15.9 Å². The van der Waals surface area contributed by atoms with E-state index >= 15 is 0 Å². The minimum Gasteiger partial charge on any atom is -0.484 e. The Morgan fingerprint density at radius 1 is 1.03 bits per heavy atom. The Kier molecular flexibility index (Phi) is 8.84. The van der Waals surface area contributed by atoms with Crippen molar-refractivity contribution in [2.75, 3.05) is 18.5 Å². The summed E-state index contributed by atoms with van der Waals surface area (Å²) in [6, 6.07) is 14.0. The summed E-state index contributed by atoms with van der Waals surface area (Å²) in [5, 5.41) is 8.92. The van der Waals surface area contributed by atoms with Crippen LogP contribution in [-0.2, 0) is 14.4 Å². The van der Waals surface area contributed by atoms with Crippen LogP contribution < -0.4 is 20.8 Å². The second-order valence-electron chi connectivity index (χ2n) is 5.87. The third-order valence-electron chi connectivity index (χ3n) is 3.50. The second kappa shape index (κ2) is 11.6.